The summed E-state index contributed by atoms with van der Waals surface area (Å²) in [7, 11) is 1.36. The fraction of sp³-hybridized carbons (Fsp3) is 0.615. The molecule has 2 unspecified atom stereocenters. The third-order valence-corrected chi connectivity index (χ3v) is 3.29. The molecule has 0 aliphatic heterocycles. The molecule has 0 aromatic carbocycles. The van der Waals surface area contributed by atoms with Crippen LogP contribution in [0.15, 0.2) is 10.9 Å². The number of nitrogens with zero attached hydrogens (tertiary/aromatic N) is 1. The second-order valence-electron chi connectivity index (χ2n) is 5.33. The zero-order valence-electron chi connectivity index (χ0n) is 13.6. The van der Waals surface area contributed by atoms with Gasteiger partial charge >= 0.3 is 18.1 Å². The quantitative estimate of drug-likeness (QED) is 0.459. The van der Waals surface area contributed by atoms with Gasteiger partial charge in [0.05, 0.1) is 0 Å². The van der Waals surface area contributed by atoms with Gasteiger partial charge in [-0.05, 0) is 6.92 Å². The first-order valence-electron chi connectivity index (χ1n) is 7.14. The molecule has 0 aliphatic rings. The maximum atomic E-state index is 13.0. The number of rotatable bonds is 7. The van der Waals surface area contributed by atoms with E-state index in [-0.39, 0.29) is 12.2 Å². The molecule has 0 aliphatic carbocycles. The maximum Gasteiger partial charge on any atom is 0.457 e. The van der Waals surface area contributed by atoms with Crippen LogP contribution in [0.2, 0.25) is 0 Å². The highest BCUT2D eigenvalue weighted by atomic mass is 19.4. The molecular weight excluding hydrogens is 373 g/mol. The van der Waals surface area contributed by atoms with Gasteiger partial charge in [-0.3, -0.25) is 19.4 Å². The number of aliphatic hydroxyl groups is 1. The van der Waals surface area contributed by atoms with E-state index in [0.717, 1.165) is 10.7 Å². The maximum absolute atomic E-state index is 13.0. The van der Waals surface area contributed by atoms with Crippen molar-refractivity contribution < 1.29 is 41.4 Å². The van der Waals surface area contributed by atoms with Crippen molar-refractivity contribution in [3.05, 3.63) is 22.1 Å². The predicted octanol–water partition coefficient (Wildman–Crippen LogP) is 0.323. The summed E-state index contributed by atoms with van der Waals surface area (Å²) in [5.74, 6) is -7.72. The van der Waals surface area contributed by atoms with E-state index in [1.165, 1.54) is 7.05 Å². The highest BCUT2D eigenvalue weighted by Gasteiger charge is 2.62. The minimum Gasteiger partial charge on any atom is -0.454 e. The number of hydrogen-bond acceptors (Lipinski definition) is 5. The lowest BCUT2D eigenvalue weighted by atomic mass is 10.2. The topological polar surface area (TPSA) is 113 Å². The number of esters is 1. The molecule has 148 valence electrons. The van der Waals surface area contributed by atoms with Gasteiger partial charge in [0.2, 0.25) is 0 Å². The summed E-state index contributed by atoms with van der Waals surface area (Å²) in [6, 6.07) is 0.987. The molecule has 2 atom stereocenters. The fourth-order valence-corrected chi connectivity index (χ4v) is 1.70. The van der Waals surface area contributed by atoms with Crippen LogP contribution in [0.5, 0.6) is 0 Å². The molecule has 1 amide bonds. The number of carbonyl (C=O) groups is 2. The molecule has 0 bridgehead atoms. The minimum absolute atomic E-state index is 0.104. The van der Waals surface area contributed by atoms with Gasteiger partial charge in [-0.15, -0.1) is 0 Å². The number of ether oxygens (including phenoxy) is 1. The summed E-state index contributed by atoms with van der Waals surface area (Å²) < 4.78 is 67.3. The number of carbonyl (C=O) groups excluding carboxylic acids is 2. The normalized spacial score (nSPS) is 14.6. The van der Waals surface area contributed by atoms with E-state index < -0.39 is 48.2 Å². The molecule has 13 heteroatoms. The smallest absolute Gasteiger partial charge is 0.454 e. The van der Waals surface area contributed by atoms with Crippen molar-refractivity contribution in [1.82, 2.24) is 15.1 Å². The molecule has 0 fully saturated rings. The highest BCUT2D eigenvalue weighted by molar-refractivity contribution is 5.92. The van der Waals surface area contributed by atoms with Crippen molar-refractivity contribution in [3.8, 4) is 0 Å². The Labute approximate surface area is 142 Å². The van der Waals surface area contributed by atoms with E-state index in [1.807, 2.05) is 0 Å². The SMILES string of the molecule is CC(OC(=O)C(O)CCNC(=O)c1cc(=O)n(C)[nH]1)C(F)(F)C(F)(F)F. The molecule has 0 spiro atoms. The average molecular weight is 389 g/mol. The molecule has 26 heavy (non-hydrogen) atoms. The molecule has 3 N–H and O–H groups in total. The van der Waals surface area contributed by atoms with Crippen molar-refractivity contribution in [1.29, 1.82) is 0 Å². The number of aromatic nitrogens is 2. The molecular formula is C13H16F5N3O5. The third-order valence-electron chi connectivity index (χ3n) is 3.29. The summed E-state index contributed by atoms with van der Waals surface area (Å²) >= 11 is 0. The molecule has 0 saturated carbocycles. The van der Waals surface area contributed by atoms with Crippen molar-refractivity contribution in [2.75, 3.05) is 6.54 Å². The van der Waals surface area contributed by atoms with Crippen LogP contribution >= 0.6 is 0 Å². The first-order chi connectivity index (χ1) is 11.8. The largest absolute Gasteiger partial charge is 0.457 e. The number of H-pyrrole nitrogens is 1. The number of amides is 1. The van der Waals surface area contributed by atoms with Gasteiger partial charge in [0.1, 0.15) is 5.69 Å². The number of aromatic amines is 1. The first-order valence-corrected chi connectivity index (χ1v) is 7.14. The number of alkyl halides is 5. The Kier molecular flexibility index (Phi) is 6.52. The molecule has 1 aromatic heterocycles. The predicted molar refractivity (Wildman–Crippen MR) is 75.5 cm³/mol. The minimum atomic E-state index is -5.92. The Bertz CT molecular complexity index is 712. The van der Waals surface area contributed by atoms with Crippen LogP contribution < -0.4 is 10.9 Å². The Morgan fingerprint density at radius 2 is 1.92 bits per heavy atom. The van der Waals surface area contributed by atoms with Crippen LogP contribution in [0.3, 0.4) is 0 Å². The van der Waals surface area contributed by atoms with E-state index in [2.05, 4.69) is 15.2 Å². The molecule has 0 saturated heterocycles. The van der Waals surface area contributed by atoms with Crippen LogP contribution in [0.25, 0.3) is 0 Å². The molecule has 1 heterocycles. The lowest BCUT2D eigenvalue weighted by Gasteiger charge is -2.26. The molecule has 1 aromatic rings. The summed E-state index contributed by atoms with van der Waals surface area (Å²) in [5, 5.41) is 14.1. The number of hydrogen-bond donors (Lipinski definition) is 3. The average Bonchev–Trinajstić information content (AvgIpc) is 2.85. The van der Waals surface area contributed by atoms with E-state index in [9.17, 15) is 41.4 Å². The van der Waals surface area contributed by atoms with Gasteiger partial charge in [0, 0.05) is 26.1 Å². The molecule has 1 rings (SSSR count). The zero-order valence-corrected chi connectivity index (χ0v) is 13.6. The van der Waals surface area contributed by atoms with Gasteiger partial charge < -0.3 is 15.2 Å². The Morgan fingerprint density at radius 3 is 2.38 bits per heavy atom. The van der Waals surface area contributed by atoms with Gasteiger partial charge in [0.25, 0.3) is 11.5 Å². The Hall–Kier alpha value is -2.44. The number of aliphatic hydroxyl groups excluding tert-OH is 1. The Morgan fingerprint density at radius 1 is 1.35 bits per heavy atom. The highest BCUT2D eigenvalue weighted by Crippen LogP contribution is 2.39. The lowest BCUT2D eigenvalue weighted by molar-refractivity contribution is -0.312. The Balaban J connectivity index is 2.50. The van der Waals surface area contributed by atoms with Crippen molar-refractivity contribution in [3.63, 3.8) is 0 Å². The monoisotopic (exact) mass is 389 g/mol. The fourth-order valence-electron chi connectivity index (χ4n) is 1.70. The lowest BCUT2D eigenvalue weighted by Crippen LogP contribution is -2.48. The van der Waals surface area contributed by atoms with Crippen molar-refractivity contribution in [2.45, 2.75) is 37.7 Å². The van der Waals surface area contributed by atoms with Crippen molar-refractivity contribution in [2.24, 2.45) is 7.05 Å². The van der Waals surface area contributed by atoms with Crippen LogP contribution in [0, 0.1) is 0 Å². The van der Waals surface area contributed by atoms with Gasteiger partial charge in [-0.2, -0.15) is 22.0 Å². The number of nitrogens with one attached hydrogen (secondary N) is 2. The number of halogens is 5. The molecule has 0 radical (unpaired) electrons. The third kappa shape index (κ3) is 5.03. The first kappa shape index (κ1) is 21.6. The van der Waals surface area contributed by atoms with Crippen LogP contribution in [0.1, 0.15) is 23.8 Å². The standard InChI is InChI=1S/C13H16F5N3O5/c1-6(12(14,15)13(16,17)18)26-11(25)8(22)3-4-19-10(24)7-5-9(23)21(2)20-7/h5-6,8,20,22H,3-4H2,1-2H3,(H,19,24). The van der Waals surface area contributed by atoms with Gasteiger partial charge in [0.15, 0.2) is 12.2 Å². The number of aryl methyl sites for hydroxylation is 1. The summed E-state index contributed by atoms with van der Waals surface area (Å²) in [6.07, 6.45) is -11.3. The second-order valence-corrected chi connectivity index (χ2v) is 5.33. The van der Waals surface area contributed by atoms with Gasteiger partial charge in [-0.1, -0.05) is 0 Å². The van der Waals surface area contributed by atoms with E-state index in [0.29, 0.717) is 6.92 Å². The van der Waals surface area contributed by atoms with Crippen LogP contribution in [-0.4, -0.2) is 57.6 Å². The second kappa shape index (κ2) is 7.85. The van der Waals surface area contributed by atoms with Crippen LogP contribution in [-0.2, 0) is 16.6 Å². The van der Waals surface area contributed by atoms with Crippen LogP contribution in [0.4, 0.5) is 22.0 Å². The summed E-state index contributed by atoms with van der Waals surface area (Å²) in [5.41, 5.74) is -0.591. The summed E-state index contributed by atoms with van der Waals surface area (Å²) in [6.45, 7) is 0.00169. The van der Waals surface area contributed by atoms with E-state index in [1.54, 1.807) is 0 Å². The van der Waals surface area contributed by atoms with E-state index >= 15 is 0 Å². The van der Waals surface area contributed by atoms with E-state index in [4.69, 9.17) is 0 Å². The zero-order chi connectivity index (χ0) is 20.3. The van der Waals surface area contributed by atoms with Crippen molar-refractivity contribution >= 4 is 11.9 Å². The van der Waals surface area contributed by atoms with Gasteiger partial charge in [-0.25, -0.2) is 4.79 Å². The molecule has 8 nitrogen and oxygen atoms in total. The summed E-state index contributed by atoms with van der Waals surface area (Å²) in [4.78, 5) is 34.2.